The van der Waals surface area contributed by atoms with Crippen LogP contribution in [-0.4, -0.2) is 4.57 Å². The SMILES string of the molecule is Cc1ccccc1-n1c(C)c(-c2ccccc2)[n+](C2CCCCC2)c1C1CCCCC1. The van der Waals surface area contributed by atoms with Crippen molar-refractivity contribution >= 4 is 0 Å². The van der Waals surface area contributed by atoms with E-state index in [2.05, 4.69) is 77.6 Å². The van der Waals surface area contributed by atoms with Crippen molar-refractivity contribution in [3.8, 4) is 16.9 Å². The first-order valence-corrected chi connectivity index (χ1v) is 12.5. The van der Waals surface area contributed by atoms with Gasteiger partial charge in [0, 0.05) is 12.5 Å². The molecule has 1 heterocycles. The number of imidazole rings is 1. The summed E-state index contributed by atoms with van der Waals surface area (Å²) in [6.07, 6.45) is 13.6. The second kappa shape index (κ2) is 9.02. The summed E-state index contributed by atoms with van der Waals surface area (Å²) in [6, 6.07) is 20.8. The topological polar surface area (TPSA) is 8.81 Å². The number of para-hydroxylation sites is 1. The van der Waals surface area contributed by atoms with Crippen molar-refractivity contribution in [2.24, 2.45) is 0 Å². The molecule has 162 valence electrons. The fourth-order valence-corrected chi connectivity index (χ4v) is 6.19. The molecule has 0 bridgehead atoms. The molecule has 2 nitrogen and oxygen atoms in total. The van der Waals surface area contributed by atoms with Gasteiger partial charge in [-0.3, -0.25) is 0 Å². The van der Waals surface area contributed by atoms with E-state index < -0.39 is 0 Å². The molecule has 2 aromatic carbocycles. The Bertz CT molecular complexity index is 1020. The fourth-order valence-electron chi connectivity index (χ4n) is 6.19. The zero-order valence-electron chi connectivity index (χ0n) is 19.3. The Hall–Kier alpha value is -2.35. The average molecular weight is 414 g/mol. The van der Waals surface area contributed by atoms with E-state index in [-0.39, 0.29) is 0 Å². The third-order valence-electron chi connectivity index (χ3n) is 7.71. The molecule has 2 fully saturated rings. The maximum atomic E-state index is 2.83. The molecule has 2 heteroatoms. The van der Waals surface area contributed by atoms with Crippen molar-refractivity contribution in [2.75, 3.05) is 0 Å². The Balaban J connectivity index is 1.81. The Kier molecular flexibility index (Phi) is 5.98. The van der Waals surface area contributed by atoms with Crippen molar-refractivity contribution in [3.63, 3.8) is 0 Å². The summed E-state index contributed by atoms with van der Waals surface area (Å²) in [7, 11) is 0. The van der Waals surface area contributed by atoms with Gasteiger partial charge in [-0.05, 0) is 57.1 Å². The summed E-state index contributed by atoms with van der Waals surface area (Å²) >= 11 is 0. The highest BCUT2D eigenvalue weighted by atomic mass is 15.2. The minimum Gasteiger partial charge on any atom is -0.224 e. The molecule has 0 N–H and O–H groups in total. The number of nitrogens with zero attached hydrogens (tertiary/aromatic N) is 2. The van der Waals surface area contributed by atoms with Crippen LogP contribution in [0.3, 0.4) is 0 Å². The highest BCUT2D eigenvalue weighted by molar-refractivity contribution is 5.61. The van der Waals surface area contributed by atoms with Crippen molar-refractivity contribution < 1.29 is 4.57 Å². The molecule has 0 radical (unpaired) electrons. The van der Waals surface area contributed by atoms with Crippen LogP contribution in [0.5, 0.6) is 0 Å². The second-order valence-corrected chi connectivity index (χ2v) is 9.78. The Morgan fingerprint density at radius 3 is 2.00 bits per heavy atom. The van der Waals surface area contributed by atoms with E-state index in [4.69, 9.17) is 0 Å². The minimum atomic E-state index is 0.629. The summed E-state index contributed by atoms with van der Waals surface area (Å²) in [5.74, 6) is 2.24. The molecule has 0 amide bonds. The Morgan fingerprint density at radius 2 is 1.32 bits per heavy atom. The van der Waals surface area contributed by atoms with Crippen LogP contribution < -0.4 is 4.57 Å². The molecule has 2 saturated carbocycles. The first-order chi connectivity index (χ1) is 15.3. The molecular formula is C29H37N2+. The van der Waals surface area contributed by atoms with E-state index in [9.17, 15) is 0 Å². The van der Waals surface area contributed by atoms with Crippen LogP contribution in [0, 0.1) is 13.8 Å². The van der Waals surface area contributed by atoms with E-state index in [1.54, 1.807) is 5.82 Å². The molecule has 5 rings (SSSR count). The predicted molar refractivity (Wildman–Crippen MR) is 129 cm³/mol. The maximum Gasteiger partial charge on any atom is 0.265 e. The second-order valence-electron chi connectivity index (χ2n) is 9.78. The van der Waals surface area contributed by atoms with Crippen molar-refractivity contribution in [3.05, 3.63) is 71.7 Å². The van der Waals surface area contributed by atoms with Gasteiger partial charge in [0.1, 0.15) is 11.7 Å². The highest BCUT2D eigenvalue weighted by Gasteiger charge is 2.39. The number of aryl methyl sites for hydroxylation is 1. The minimum absolute atomic E-state index is 0.629. The van der Waals surface area contributed by atoms with Gasteiger partial charge < -0.3 is 0 Å². The van der Waals surface area contributed by atoms with Crippen LogP contribution in [0.25, 0.3) is 16.9 Å². The number of hydrogen-bond acceptors (Lipinski definition) is 0. The van der Waals surface area contributed by atoms with E-state index in [1.807, 2.05) is 0 Å². The molecule has 0 unspecified atom stereocenters. The zero-order chi connectivity index (χ0) is 21.2. The molecule has 31 heavy (non-hydrogen) atoms. The molecule has 0 atom stereocenters. The molecule has 2 aliphatic carbocycles. The first kappa shape index (κ1) is 20.5. The van der Waals surface area contributed by atoms with Gasteiger partial charge in [-0.15, -0.1) is 0 Å². The smallest absolute Gasteiger partial charge is 0.224 e. The summed E-state index contributed by atoms with van der Waals surface area (Å²) in [4.78, 5) is 0. The predicted octanol–water partition coefficient (Wildman–Crippen LogP) is 7.60. The van der Waals surface area contributed by atoms with Crippen molar-refractivity contribution in [2.45, 2.75) is 90.0 Å². The number of benzene rings is 2. The monoisotopic (exact) mass is 413 g/mol. The van der Waals surface area contributed by atoms with Gasteiger partial charge in [0.05, 0.1) is 5.92 Å². The van der Waals surface area contributed by atoms with E-state index in [1.165, 1.54) is 92.4 Å². The number of rotatable bonds is 4. The standard InChI is InChI=1S/C29H37N2/c1-22-14-12-13-21-27(22)30-23(2)28(24-15-6-3-7-16-24)31(26-19-10-5-11-20-26)29(30)25-17-8-4-9-18-25/h3,6-7,12-16,21,25-26H,4-5,8-11,17-20H2,1-2H3/q+1. The van der Waals surface area contributed by atoms with Gasteiger partial charge in [0.15, 0.2) is 11.4 Å². The van der Waals surface area contributed by atoms with Crippen LogP contribution in [-0.2, 0) is 0 Å². The van der Waals surface area contributed by atoms with Crippen LogP contribution in [0.2, 0.25) is 0 Å². The van der Waals surface area contributed by atoms with Crippen LogP contribution in [0.15, 0.2) is 54.6 Å². The van der Waals surface area contributed by atoms with Crippen LogP contribution in [0.4, 0.5) is 0 Å². The highest BCUT2D eigenvalue weighted by Crippen LogP contribution is 2.39. The molecule has 0 spiro atoms. The van der Waals surface area contributed by atoms with Gasteiger partial charge in [-0.2, -0.15) is 4.57 Å². The Morgan fingerprint density at radius 1 is 0.710 bits per heavy atom. The molecule has 2 aliphatic rings. The normalized spacial score (nSPS) is 18.4. The molecular weight excluding hydrogens is 376 g/mol. The number of hydrogen-bond donors (Lipinski definition) is 0. The lowest BCUT2D eigenvalue weighted by molar-refractivity contribution is -0.723. The summed E-state index contributed by atoms with van der Waals surface area (Å²) < 4.78 is 5.48. The third-order valence-corrected chi connectivity index (χ3v) is 7.71. The van der Waals surface area contributed by atoms with Gasteiger partial charge in [-0.1, -0.05) is 74.2 Å². The summed E-state index contributed by atoms with van der Waals surface area (Å²) in [5, 5.41) is 0. The lowest BCUT2D eigenvalue weighted by Crippen LogP contribution is -2.46. The molecule has 0 aliphatic heterocycles. The number of aromatic nitrogens is 2. The quantitative estimate of drug-likeness (QED) is 0.389. The fraction of sp³-hybridized carbons (Fsp3) is 0.483. The van der Waals surface area contributed by atoms with Gasteiger partial charge >= 0.3 is 0 Å². The molecule has 0 saturated heterocycles. The lowest BCUT2D eigenvalue weighted by atomic mass is 9.87. The molecule has 1 aromatic heterocycles. The van der Waals surface area contributed by atoms with E-state index in [0.717, 1.165) is 0 Å². The van der Waals surface area contributed by atoms with Gasteiger partial charge in [0.2, 0.25) is 0 Å². The summed E-state index contributed by atoms with van der Waals surface area (Å²) in [6.45, 7) is 4.63. The van der Waals surface area contributed by atoms with E-state index >= 15 is 0 Å². The maximum absolute atomic E-state index is 2.83. The van der Waals surface area contributed by atoms with Gasteiger partial charge in [-0.25, -0.2) is 4.57 Å². The van der Waals surface area contributed by atoms with Gasteiger partial charge in [0.25, 0.3) is 5.82 Å². The van der Waals surface area contributed by atoms with E-state index in [0.29, 0.717) is 12.0 Å². The summed E-state index contributed by atoms with van der Waals surface area (Å²) in [5.41, 5.74) is 6.97. The zero-order valence-corrected chi connectivity index (χ0v) is 19.3. The Labute approximate surface area is 187 Å². The lowest BCUT2D eigenvalue weighted by Gasteiger charge is -2.26. The van der Waals surface area contributed by atoms with Crippen LogP contribution in [0.1, 0.15) is 93.2 Å². The average Bonchev–Trinajstić information content (AvgIpc) is 3.14. The largest absolute Gasteiger partial charge is 0.265 e. The van der Waals surface area contributed by atoms with Crippen molar-refractivity contribution in [1.29, 1.82) is 0 Å². The first-order valence-electron chi connectivity index (χ1n) is 12.5. The van der Waals surface area contributed by atoms with Crippen LogP contribution >= 0.6 is 0 Å². The van der Waals surface area contributed by atoms with Crippen molar-refractivity contribution in [1.82, 2.24) is 4.57 Å². The molecule has 3 aromatic rings. The third kappa shape index (κ3) is 3.86.